The van der Waals surface area contributed by atoms with Crippen LogP contribution >= 0.6 is 15.9 Å². The van der Waals surface area contributed by atoms with Crippen LogP contribution in [0.2, 0.25) is 0 Å². The smallest absolute Gasteiger partial charge is 0.0760 e. The normalized spacial score (nSPS) is 10.9. The molecule has 0 aliphatic heterocycles. The molecule has 0 unspecified atom stereocenters. The fourth-order valence-corrected chi connectivity index (χ4v) is 3.36. The molecular formula is C18H17BrN2. The van der Waals surface area contributed by atoms with Crippen molar-refractivity contribution in [3.63, 3.8) is 0 Å². The molecule has 1 heterocycles. The molecule has 106 valence electrons. The van der Waals surface area contributed by atoms with Gasteiger partial charge in [0.15, 0.2) is 0 Å². The van der Waals surface area contributed by atoms with Gasteiger partial charge in [0.2, 0.25) is 0 Å². The highest BCUT2D eigenvalue weighted by atomic mass is 79.9. The number of benzene rings is 2. The maximum Gasteiger partial charge on any atom is 0.0760 e. The van der Waals surface area contributed by atoms with Gasteiger partial charge in [0.05, 0.1) is 11.2 Å². The summed E-state index contributed by atoms with van der Waals surface area (Å²) >= 11 is 3.58. The van der Waals surface area contributed by atoms with E-state index < -0.39 is 0 Å². The molecule has 0 saturated carbocycles. The molecule has 0 radical (unpaired) electrons. The monoisotopic (exact) mass is 340 g/mol. The number of rotatable bonds is 2. The summed E-state index contributed by atoms with van der Waals surface area (Å²) in [7, 11) is 1.97. The summed E-state index contributed by atoms with van der Waals surface area (Å²) in [6.45, 7) is 4.22. The minimum Gasteiger partial charge on any atom is -0.387 e. The van der Waals surface area contributed by atoms with Crippen molar-refractivity contribution >= 4 is 32.5 Å². The van der Waals surface area contributed by atoms with Gasteiger partial charge in [0.25, 0.3) is 0 Å². The Balaban J connectivity index is 2.41. The van der Waals surface area contributed by atoms with E-state index in [0.717, 1.165) is 32.3 Å². The van der Waals surface area contributed by atoms with Crippen molar-refractivity contribution in [1.29, 1.82) is 0 Å². The predicted molar refractivity (Wildman–Crippen MR) is 93.9 cm³/mol. The molecule has 0 saturated heterocycles. The van der Waals surface area contributed by atoms with Crippen LogP contribution in [0, 0.1) is 13.8 Å². The van der Waals surface area contributed by atoms with Gasteiger partial charge in [0, 0.05) is 28.2 Å². The zero-order valence-corrected chi connectivity index (χ0v) is 14.0. The number of hydrogen-bond acceptors (Lipinski definition) is 2. The zero-order chi connectivity index (χ0) is 15.0. The molecular weight excluding hydrogens is 324 g/mol. The summed E-state index contributed by atoms with van der Waals surface area (Å²) in [5, 5.41) is 4.50. The van der Waals surface area contributed by atoms with Gasteiger partial charge in [-0.2, -0.15) is 0 Å². The van der Waals surface area contributed by atoms with Crippen LogP contribution < -0.4 is 5.32 Å². The third kappa shape index (κ3) is 2.42. The van der Waals surface area contributed by atoms with E-state index in [4.69, 9.17) is 4.98 Å². The Bertz CT molecular complexity index is 811. The minimum atomic E-state index is 1.04. The molecule has 3 rings (SSSR count). The Kier molecular flexibility index (Phi) is 3.68. The van der Waals surface area contributed by atoms with E-state index in [9.17, 15) is 0 Å². The third-order valence-electron chi connectivity index (χ3n) is 3.79. The van der Waals surface area contributed by atoms with Crippen LogP contribution in [0.15, 0.2) is 46.9 Å². The fraction of sp³-hybridized carbons (Fsp3) is 0.167. The molecule has 1 aromatic heterocycles. The highest BCUT2D eigenvalue weighted by Gasteiger charge is 2.14. The molecule has 21 heavy (non-hydrogen) atoms. The van der Waals surface area contributed by atoms with Crippen molar-refractivity contribution in [3.05, 3.63) is 58.1 Å². The molecule has 0 amide bonds. The van der Waals surface area contributed by atoms with Crippen LogP contribution in [0.3, 0.4) is 0 Å². The SMILES string of the molecule is CNc1c(C)c(-c2ccccc2)nc2c(C)cc(Br)cc12. The molecule has 0 fully saturated rings. The summed E-state index contributed by atoms with van der Waals surface area (Å²) in [5.41, 5.74) is 6.73. The largest absolute Gasteiger partial charge is 0.387 e. The Morgan fingerprint density at radius 2 is 1.76 bits per heavy atom. The zero-order valence-electron chi connectivity index (χ0n) is 12.4. The van der Waals surface area contributed by atoms with Gasteiger partial charge in [-0.15, -0.1) is 0 Å². The summed E-state index contributed by atoms with van der Waals surface area (Å²) in [5.74, 6) is 0. The Morgan fingerprint density at radius 1 is 1.05 bits per heavy atom. The lowest BCUT2D eigenvalue weighted by Crippen LogP contribution is -2.00. The number of aromatic nitrogens is 1. The maximum atomic E-state index is 4.93. The number of pyridine rings is 1. The average molecular weight is 341 g/mol. The van der Waals surface area contributed by atoms with E-state index in [1.807, 2.05) is 25.2 Å². The average Bonchev–Trinajstić information content (AvgIpc) is 2.47. The number of nitrogens with one attached hydrogen (secondary N) is 1. The molecule has 0 aliphatic carbocycles. The highest BCUT2D eigenvalue weighted by Crippen LogP contribution is 2.35. The molecule has 3 aromatic rings. The van der Waals surface area contributed by atoms with Crippen molar-refractivity contribution in [3.8, 4) is 11.3 Å². The van der Waals surface area contributed by atoms with Crippen LogP contribution in [-0.4, -0.2) is 12.0 Å². The topological polar surface area (TPSA) is 24.9 Å². The highest BCUT2D eigenvalue weighted by molar-refractivity contribution is 9.10. The number of aryl methyl sites for hydroxylation is 1. The summed E-state index contributed by atoms with van der Waals surface area (Å²) in [6, 6.07) is 14.6. The van der Waals surface area contributed by atoms with Gasteiger partial charge in [-0.05, 0) is 37.1 Å². The van der Waals surface area contributed by atoms with Crippen LogP contribution in [0.5, 0.6) is 0 Å². The van der Waals surface area contributed by atoms with Crippen molar-refractivity contribution < 1.29 is 0 Å². The Morgan fingerprint density at radius 3 is 2.43 bits per heavy atom. The lowest BCUT2D eigenvalue weighted by atomic mass is 10.0. The second-order valence-electron chi connectivity index (χ2n) is 5.20. The van der Waals surface area contributed by atoms with Gasteiger partial charge in [-0.1, -0.05) is 46.3 Å². The first-order chi connectivity index (χ1) is 10.1. The van der Waals surface area contributed by atoms with Crippen LogP contribution in [0.4, 0.5) is 5.69 Å². The summed E-state index contributed by atoms with van der Waals surface area (Å²) in [6.07, 6.45) is 0. The van der Waals surface area contributed by atoms with Gasteiger partial charge in [-0.25, -0.2) is 4.98 Å². The molecule has 2 nitrogen and oxygen atoms in total. The molecule has 0 bridgehead atoms. The second-order valence-corrected chi connectivity index (χ2v) is 6.11. The van der Waals surface area contributed by atoms with Gasteiger partial charge < -0.3 is 5.32 Å². The number of fused-ring (bicyclic) bond motifs is 1. The predicted octanol–water partition coefficient (Wildman–Crippen LogP) is 5.32. The number of nitrogens with zero attached hydrogens (tertiary/aromatic N) is 1. The van der Waals surface area contributed by atoms with Crippen LogP contribution in [0.1, 0.15) is 11.1 Å². The van der Waals surface area contributed by atoms with Gasteiger partial charge in [-0.3, -0.25) is 0 Å². The molecule has 0 atom stereocenters. The molecule has 0 aliphatic rings. The molecule has 0 spiro atoms. The van der Waals surface area contributed by atoms with E-state index in [1.54, 1.807) is 0 Å². The minimum absolute atomic E-state index is 1.04. The Hall–Kier alpha value is -1.87. The van der Waals surface area contributed by atoms with Gasteiger partial charge >= 0.3 is 0 Å². The Labute approximate surface area is 133 Å². The van der Waals surface area contributed by atoms with Gasteiger partial charge in [0.1, 0.15) is 0 Å². The standard InChI is InChI=1S/C18H17BrN2/c1-11-9-14(19)10-15-16(11)21-17(12(2)18(15)20-3)13-7-5-4-6-8-13/h4-10H,1-3H3,(H,20,21). The van der Waals surface area contributed by atoms with E-state index >= 15 is 0 Å². The van der Waals surface area contributed by atoms with E-state index in [0.29, 0.717) is 0 Å². The summed E-state index contributed by atoms with van der Waals surface area (Å²) in [4.78, 5) is 4.93. The number of hydrogen-bond donors (Lipinski definition) is 1. The first kappa shape index (κ1) is 14.1. The summed E-state index contributed by atoms with van der Waals surface area (Å²) < 4.78 is 1.08. The quantitative estimate of drug-likeness (QED) is 0.682. The number of halogens is 1. The van der Waals surface area contributed by atoms with Crippen LogP contribution in [0.25, 0.3) is 22.2 Å². The lowest BCUT2D eigenvalue weighted by molar-refractivity contribution is 1.29. The van der Waals surface area contributed by atoms with Crippen LogP contribution in [-0.2, 0) is 0 Å². The van der Waals surface area contributed by atoms with E-state index in [1.165, 1.54) is 11.1 Å². The van der Waals surface area contributed by atoms with E-state index in [-0.39, 0.29) is 0 Å². The first-order valence-corrected chi connectivity index (χ1v) is 7.74. The molecule has 3 heteroatoms. The van der Waals surface area contributed by atoms with Crippen molar-refractivity contribution in [2.45, 2.75) is 13.8 Å². The fourth-order valence-electron chi connectivity index (χ4n) is 2.79. The second kappa shape index (κ2) is 5.49. The van der Waals surface area contributed by atoms with E-state index in [2.05, 4.69) is 59.4 Å². The van der Waals surface area contributed by atoms with Crippen molar-refractivity contribution in [2.24, 2.45) is 0 Å². The van der Waals surface area contributed by atoms with Crippen molar-refractivity contribution in [1.82, 2.24) is 4.98 Å². The third-order valence-corrected chi connectivity index (χ3v) is 4.24. The molecule has 1 N–H and O–H groups in total. The van der Waals surface area contributed by atoms with Crippen molar-refractivity contribution in [2.75, 3.05) is 12.4 Å². The molecule has 2 aromatic carbocycles. The lowest BCUT2D eigenvalue weighted by Gasteiger charge is -2.16. The first-order valence-electron chi connectivity index (χ1n) is 6.95. The number of anilines is 1. The maximum absolute atomic E-state index is 4.93.